The van der Waals surface area contributed by atoms with E-state index in [1.807, 2.05) is 37.3 Å². The van der Waals surface area contributed by atoms with Crippen LogP contribution in [0, 0.1) is 13.8 Å². The normalized spacial score (nSPS) is 12.8. The highest BCUT2D eigenvalue weighted by atomic mass is 32.2. The SMILES string of the molecule is COc1cccc(C(CNS(=O)(=O)c2ccc(C)cc2C)OC)c1. The van der Waals surface area contributed by atoms with Crippen molar-refractivity contribution < 1.29 is 17.9 Å². The predicted molar refractivity (Wildman–Crippen MR) is 93.8 cm³/mol. The zero-order valence-electron chi connectivity index (χ0n) is 14.4. The first-order valence-electron chi connectivity index (χ1n) is 7.61. The van der Waals surface area contributed by atoms with Gasteiger partial charge < -0.3 is 9.47 Å². The molecule has 1 N–H and O–H groups in total. The Morgan fingerprint density at radius 1 is 1.08 bits per heavy atom. The monoisotopic (exact) mass is 349 g/mol. The highest BCUT2D eigenvalue weighted by Crippen LogP contribution is 2.22. The summed E-state index contributed by atoms with van der Waals surface area (Å²) in [6.45, 7) is 3.86. The summed E-state index contributed by atoms with van der Waals surface area (Å²) >= 11 is 0. The molecule has 0 aliphatic carbocycles. The van der Waals surface area contributed by atoms with Crippen LogP contribution in [-0.2, 0) is 14.8 Å². The lowest BCUT2D eigenvalue weighted by Crippen LogP contribution is -2.29. The van der Waals surface area contributed by atoms with Crippen LogP contribution in [-0.4, -0.2) is 29.2 Å². The minimum atomic E-state index is -3.60. The minimum Gasteiger partial charge on any atom is -0.497 e. The third kappa shape index (κ3) is 4.35. The molecule has 0 heterocycles. The molecule has 5 nitrogen and oxygen atoms in total. The van der Waals surface area contributed by atoms with Gasteiger partial charge in [0.25, 0.3) is 0 Å². The molecule has 0 saturated carbocycles. The van der Waals surface area contributed by atoms with E-state index in [-0.39, 0.29) is 11.4 Å². The van der Waals surface area contributed by atoms with Crippen LogP contribution in [0.15, 0.2) is 47.4 Å². The van der Waals surface area contributed by atoms with Gasteiger partial charge in [0.05, 0.1) is 18.1 Å². The van der Waals surface area contributed by atoms with Crippen LogP contribution in [0.5, 0.6) is 5.75 Å². The van der Waals surface area contributed by atoms with E-state index >= 15 is 0 Å². The zero-order chi connectivity index (χ0) is 17.7. The van der Waals surface area contributed by atoms with Crippen LogP contribution >= 0.6 is 0 Å². The number of hydrogen-bond donors (Lipinski definition) is 1. The van der Waals surface area contributed by atoms with Gasteiger partial charge in [-0.2, -0.15) is 0 Å². The van der Waals surface area contributed by atoms with Crippen molar-refractivity contribution in [3.05, 3.63) is 59.2 Å². The lowest BCUT2D eigenvalue weighted by Gasteiger charge is -2.18. The maximum Gasteiger partial charge on any atom is 0.240 e. The van der Waals surface area contributed by atoms with Crippen molar-refractivity contribution in [1.82, 2.24) is 4.72 Å². The fourth-order valence-corrected chi connectivity index (χ4v) is 3.80. The van der Waals surface area contributed by atoms with Crippen LogP contribution in [0.25, 0.3) is 0 Å². The predicted octanol–water partition coefficient (Wildman–Crippen LogP) is 2.98. The third-order valence-electron chi connectivity index (χ3n) is 3.83. The molecule has 0 saturated heterocycles. The highest BCUT2D eigenvalue weighted by molar-refractivity contribution is 7.89. The molecule has 6 heteroatoms. The molecule has 0 aliphatic rings. The molecule has 0 amide bonds. The Bertz CT molecular complexity index is 802. The van der Waals surface area contributed by atoms with Gasteiger partial charge in [0.1, 0.15) is 5.75 Å². The van der Waals surface area contributed by atoms with E-state index in [2.05, 4.69) is 4.72 Å². The fraction of sp³-hybridized carbons (Fsp3) is 0.333. The van der Waals surface area contributed by atoms with Crippen molar-refractivity contribution in [1.29, 1.82) is 0 Å². The van der Waals surface area contributed by atoms with Gasteiger partial charge in [-0.15, -0.1) is 0 Å². The molecule has 130 valence electrons. The van der Waals surface area contributed by atoms with E-state index in [4.69, 9.17) is 9.47 Å². The van der Waals surface area contributed by atoms with Crippen molar-refractivity contribution in [3.63, 3.8) is 0 Å². The summed E-state index contributed by atoms with van der Waals surface area (Å²) in [5.74, 6) is 0.701. The number of nitrogens with one attached hydrogen (secondary N) is 1. The van der Waals surface area contributed by atoms with Crippen molar-refractivity contribution in [2.24, 2.45) is 0 Å². The summed E-state index contributed by atoms with van der Waals surface area (Å²) in [6, 6.07) is 12.7. The second kappa shape index (κ2) is 7.79. The Kier molecular flexibility index (Phi) is 5.99. The Balaban J connectivity index is 2.17. The van der Waals surface area contributed by atoms with E-state index in [0.717, 1.165) is 16.7 Å². The molecular formula is C18H23NO4S. The first-order valence-corrected chi connectivity index (χ1v) is 9.09. The molecule has 0 aliphatic heterocycles. The Morgan fingerprint density at radius 2 is 1.83 bits per heavy atom. The van der Waals surface area contributed by atoms with Gasteiger partial charge in [0.2, 0.25) is 10.0 Å². The first-order chi connectivity index (χ1) is 11.4. The summed E-state index contributed by atoms with van der Waals surface area (Å²) in [7, 11) is -0.460. The topological polar surface area (TPSA) is 64.6 Å². The fourth-order valence-electron chi connectivity index (χ4n) is 2.54. The van der Waals surface area contributed by atoms with Crippen LogP contribution in [0.4, 0.5) is 0 Å². The molecule has 0 spiro atoms. The molecule has 1 atom stereocenters. The average Bonchev–Trinajstić information content (AvgIpc) is 2.55. The molecule has 24 heavy (non-hydrogen) atoms. The van der Waals surface area contributed by atoms with E-state index in [9.17, 15) is 8.42 Å². The second-order valence-electron chi connectivity index (χ2n) is 5.62. The molecular weight excluding hydrogens is 326 g/mol. The number of sulfonamides is 1. The van der Waals surface area contributed by atoms with Crippen LogP contribution in [0.1, 0.15) is 22.8 Å². The summed E-state index contributed by atoms with van der Waals surface area (Å²) in [6.07, 6.45) is -0.402. The average molecular weight is 349 g/mol. The molecule has 1 unspecified atom stereocenters. The molecule has 2 rings (SSSR count). The van der Waals surface area contributed by atoms with E-state index in [1.54, 1.807) is 33.3 Å². The minimum absolute atomic E-state index is 0.138. The van der Waals surface area contributed by atoms with Gasteiger partial charge in [-0.3, -0.25) is 0 Å². The Hall–Kier alpha value is -1.89. The van der Waals surface area contributed by atoms with Crippen molar-refractivity contribution >= 4 is 10.0 Å². The largest absolute Gasteiger partial charge is 0.497 e. The van der Waals surface area contributed by atoms with Crippen molar-refractivity contribution in [2.45, 2.75) is 24.8 Å². The number of methoxy groups -OCH3 is 2. The molecule has 0 aromatic heterocycles. The van der Waals surface area contributed by atoms with E-state index in [1.165, 1.54) is 0 Å². The molecule has 0 fully saturated rings. The number of aryl methyl sites for hydroxylation is 2. The number of hydrogen-bond acceptors (Lipinski definition) is 4. The number of rotatable bonds is 7. The van der Waals surface area contributed by atoms with Gasteiger partial charge in [-0.05, 0) is 43.2 Å². The molecule has 2 aromatic rings. The van der Waals surface area contributed by atoms with Gasteiger partial charge in [-0.25, -0.2) is 13.1 Å². The first kappa shape index (κ1) is 18.4. The Morgan fingerprint density at radius 3 is 2.46 bits per heavy atom. The second-order valence-corrected chi connectivity index (χ2v) is 7.36. The number of benzene rings is 2. The summed E-state index contributed by atoms with van der Waals surface area (Å²) in [5.41, 5.74) is 2.59. The summed E-state index contributed by atoms with van der Waals surface area (Å²) in [5, 5.41) is 0. The van der Waals surface area contributed by atoms with Crippen molar-refractivity contribution in [2.75, 3.05) is 20.8 Å². The molecule has 0 radical (unpaired) electrons. The van der Waals surface area contributed by atoms with E-state index in [0.29, 0.717) is 5.75 Å². The highest BCUT2D eigenvalue weighted by Gasteiger charge is 2.20. The summed E-state index contributed by atoms with van der Waals surface area (Å²) < 4.78 is 38.4. The summed E-state index contributed by atoms with van der Waals surface area (Å²) in [4.78, 5) is 0.286. The van der Waals surface area contributed by atoms with Gasteiger partial charge in [0, 0.05) is 13.7 Å². The maximum atomic E-state index is 12.5. The molecule has 2 aromatic carbocycles. The molecule has 0 bridgehead atoms. The van der Waals surface area contributed by atoms with E-state index < -0.39 is 16.1 Å². The zero-order valence-corrected chi connectivity index (χ0v) is 15.2. The lowest BCUT2D eigenvalue weighted by atomic mass is 10.1. The quantitative estimate of drug-likeness (QED) is 0.835. The smallest absolute Gasteiger partial charge is 0.240 e. The van der Waals surface area contributed by atoms with Crippen LogP contribution < -0.4 is 9.46 Å². The maximum absolute atomic E-state index is 12.5. The van der Waals surface area contributed by atoms with Gasteiger partial charge >= 0.3 is 0 Å². The Labute approximate surface area is 143 Å². The van der Waals surface area contributed by atoms with Crippen LogP contribution in [0.2, 0.25) is 0 Å². The third-order valence-corrected chi connectivity index (χ3v) is 5.41. The van der Waals surface area contributed by atoms with Gasteiger partial charge in [0.15, 0.2) is 0 Å². The van der Waals surface area contributed by atoms with Crippen molar-refractivity contribution in [3.8, 4) is 5.75 Å². The standard InChI is InChI=1S/C18H23NO4S/c1-13-8-9-18(14(2)10-13)24(20,21)19-12-17(23-4)15-6-5-7-16(11-15)22-3/h5-11,17,19H,12H2,1-4H3. The number of ether oxygens (including phenoxy) is 2. The lowest BCUT2D eigenvalue weighted by molar-refractivity contribution is 0.107. The van der Waals surface area contributed by atoms with Crippen LogP contribution in [0.3, 0.4) is 0 Å². The van der Waals surface area contributed by atoms with Gasteiger partial charge in [-0.1, -0.05) is 29.8 Å².